The summed E-state index contributed by atoms with van der Waals surface area (Å²) < 4.78 is 0. The molecular weight excluding hydrogens is 741 g/mol. The fraction of sp³-hybridized carbons (Fsp3) is 0.0508. The minimum Gasteiger partial charge on any atom is -0.0881 e. The number of hydrogen-bond donors (Lipinski definition) is 0. The van der Waals surface area contributed by atoms with Crippen LogP contribution in [0.3, 0.4) is 0 Å². The summed E-state index contributed by atoms with van der Waals surface area (Å²) in [5, 5.41) is 13.1. The van der Waals surface area contributed by atoms with Gasteiger partial charge < -0.3 is 0 Å². The highest BCUT2D eigenvalue weighted by Crippen LogP contribution is 2.60. The monoisotopic (exact) mass is 780 g/mol. The van der Waals surface area contributed by atoms with Gasteiger partial charge in [-0.25, -0.2) is 0 Å². The zero-order valence-corrected chi connectivity index (χ0v) is 33.9. The van der Waals surface area contributed by atoms with Crippen LogP contribution < -0.4 is 0 Å². The van der Waals surface area contributed by atoms with E-state index in [0.717, 1.165) is 12.8 Å². The normalized spacial score (nSPS) is 13.2. The van der Waals surface area contributed by atoms with E-state index in [-0.39, 0.29) is 0 Å². The van der Waals surface area contributed by atoms with Crippen LogP contribution in [-0.4, -0.2) is 0 Å². The SMILES string of the molecule is c1ccc(-c2ccc(CC3(Cc4ccc(-c5ccc6ccccc6c5)cc4)c4c(c5ccccc5c5ccccc45)Sc4c3c3ccccc3c3ccccc43)cc2)cc1. The average molecular weight is 781 g/mol. The molecule has 0 aromatic heterocycles. The molecule has 0 saturated heterocycles. The van der Waals surface area contributed by atoms with E-state index in [2.05, 4.69) is 218 Å². The summed E-state index contributed by atoms with van der Waals surface area (Å²) in [6.07, 6.45) is 1.69. The van der Waals surface area contributed by atoms with Crippen molar-refractivity contribution in [2.24, 2.45) is 0 Å². The smallest absolute Gasteiger partial charge is 0.0318 e. The van der Waals surface area contributed by atoms with Crippen molar-refractivity contribution in [3.63, 3.8) is 0 Å². The van der Waals surface area contributed by atoms with Crippen LogP contribution in [0, 0.1) is 0 Å². The van der Waals surface area contributed by atoms with Crippen molar-refractivity contribution in [1.29, 1.82) is 0 Å². The number of benzene rings is 11. The van der Waals surface area contributed by atoms with Gasteiger partial charge in [0.25, 0.3) is 0 Å². The Labute approximate surface area is 354 Å². The fourth-order valence-electron chi connectivity index (χ4n) is 10.3. The average Bonchev–Trinajstić information content (AvgIpc) is 3.32. The van der Waals surface area contributed by atoms with Gasteiger partial charge >= 0.3 is 0 Å². The molecule has 0 amide bonds. The van der Waals surface area contributed by atoms with Crippen LogP contribution in [0.5, 0.6) is 0 Å². The first-order chi connectivity index (χ1) is 29.7. The lowest BCUT2D eigenvalue weighted by molar-refractivity contribution is 0.496. The van der Waals surface area contributed by atoms with Crippen LogP contribution >= 0.6 is 11.8 Å². The number of hydrogen-bond acceptors (Lipinski definition) is 1. The van der Waals surface area contributed by atoms with Gasteiger partial charge in [0.05, 0.1) is 0 Å². The zero-order chi connectivity index (χ0) is 39.6. The first kappa shape index (κ1) is 35.1. The Morgan fingerprint density at radius 3 is 1.17 bits per heavy atom. The minimum atomic E-state index is -0.429. The van der Waals surface area contributed by atoms with Crippen molar-refractivity contribution in [1.82, 2.24) is 0 Å². The Morgan fingerprint density at radius 2 is 0.650 bits per heavy atom. The highest BCUT2D eigenvalue weighted by atomic mass is 32.2. The second kappa shape index (κ2) is 14.1. The van der Waals surface area contributed by atoms with Crippen LogP contribution in [0.1, 0.15) is 22.3 Å². The first-order valence-electron chi connectivity index (χ1n) is 21.0. The van der Waals surface area contributed by atoms with Crippen molar-refractivity contribution in [2.75, 3.05) is 0 Å². The van der Waals surface area contributed by atoms with Gasteiger partial charge in [0.15, 0.2) is 0 Å². The molecule has 0 fully saturated rings. The lowest BCUT2D eigenvalue weighted by Gasteiger charge is -2.44. The lowest BCUT2D eigenvalue weighted by Crippen LogP contribution is -2.37. The molecule has 0 N–H and O–H groups in total. The molecule has 12 rings (SSSR count). The molecule has 11 aromatic carbocycles. The molecule has 0 nitrogen and oxygen atoms in total. The summed E-state index contributed by atoms with van der Waals surface area (Å²) in [6, 6.07) is 81.7. The van der Waals surface area contributed by atoms with Gasteiger partial charge in [-0.1, -0.05) is 224 Å². The molecule has 0 saturated carbocycles. The van der Waals surface area contributed by atoms with Gasteiger partial charge in [-0.2, -0.15) is 0 Å². The third kappa shape index (κ3) is 5.61. The van der Waals surface area contributed by atoms with E-state index < -0.39 is 5.41 Å². The summed E-state index contributed by atoms with van der Waals surface area (Å²) in [7, 11) is 0. The maximum atomic E-state index is 2.40. The molecule has 1 aliphatic rings. The molecule has 1 aliphatic heterocycles. The summed E-state index contributed by atoms with van der Waals surface area (Å²) in [6.45, 7) is 0. The molecular formula is C59H40S. The molecule has 60 heavy (non-hydrogen) atoms. The van der Waals surface area contributed by atoms with E-state index in [1.54, 1.807) is 0 Å². The molecule has 0 radical (unpaired) electrons. The predicted molar refractivity (Wildman–Crippen MR) is 256 cm³/mol. The van der Waals surface area contributed by atoms with Crippen molar-refractivity contribution >= 4 is 65.6 Å². The quantitative estimate of drug-likeness (QED) is 0.151. The zero-order valence-electron chi connectivity index (χ0n) is 33.1. The summed E-state index contributed by atoms with van der Waals surface area (Å²) in [4.78, 5) is 2.76. The van der Waals surface area contributed by atoms with E-state index in [1.807, 2.05) is 11.8 Å². The highest BCUT2D eigenvalue weighted by Gasteiger charge is 2.45. The van der Waals surface area contributed by atoms with Crippen LogP contribution in [-0.2, 0) is 18.3 Å². The van der Waals surface area contributed by atoms with Crippen molar-refractivity contribution in [3.05, 3.63) is 241 Å². The Kier molecular flexibility index (Phi) is 8.25. The van der Waals surface area contributed by atoms with Gasteiger partial charge in [0.2, 0.25) is 0 Å². The lowest BCUT2D eigenvalue weighted by atomic mass is 9.63. The third-order valence-electron chi connectivity index (χ3n) is 13.0. The summed E-state index contributed by atoms with van der Waals surface area (Å²) in [5.41, 5.74) is 10.1. The maximum Gasteiger partial charge on any atom is 0.0318 e. The molecule has 282 valence electrons. The van der Waals surface area contributed by atoms with Crippen LogP contribution in [0.25, 0.3) is 76.1 Å². The Balaban J connectivity index is 1.15. The Bertz CT molecular complexity index is 3310. The van der Waals surface area contributed by atoms with E-state index in [0.29, 0.717) is 0 Å². The topological polar surface area (TPSA) is 0 Å². The largest absolute Gasteiger partial charge is 0.0881 e. The van der Waals surface area contributed by atoms with E-state index in [9.17, 15) is 0 Å². The number of fused-ring (bicyclic) bond motifs is 13. The summed E-state index contributed by atoms with van der Waals surface area (Å²) >= 11 is 1.99. The van der Waals surface area contributed by atoms with Gasteiger partial charge in [-0.3, -0.25) is 0 Å². The van der Waals surface area contributed by atoms with Crippen LogP contribution in [0.4, 0.5) is 0 Å². The van der Waals surface area contributed by atoms with Crippen LogP contribution in [0.2, 0.25) is 0 Å². The minimum absolute atomic E-state index is 0.429. The van der Waals surface area contributed by atoms with Gasteiger partial charge in [-0.15, -0.1) is 0 Å². The molecule has 0 atom stereocenters. The van der Waals surface area contributed by atoms with Crippen LogP contribution in [0.15, 0.2) is 228 Å². The van der Waals surface area contributed by atoms with E-state index in [4.69, 9.17) is 0 Å². The molecule has 0 spiro atoms. The van der Waals surface area contributed by atoms with Crippen molar-refractivity contribution in [3.8, 4) is 22.3 Å². The first-order valence-corrected chi connectivity index (χ1v) is 21.8. The highest BCUT2D eigenvalue weighted by molar-refractivity contribution is 8.00. The second-order valence-electron chi connectivity index (χ2n) is 16.5. The molecule has 1 heteroatoms. The van der Waals surface area contributed by atoms with Gasteiger partial charge in [0, 0.05) is 15.2 Å². The molecule has 1 heterocycles. The summed E-state index contributed by atoms with van der Waals surface area (Å²) in [5.74, 6) is 0. The Hall–Kier alpha value is -6.93. The maximum absolute atomic E-state index is 2.40. The van der Waals surface area contributed by atoms with Gasteiger partial charge in [-0.05, 0) is 117 Å². The third-order valence-corrected chi connectivity index (χ3v) is 14.3. The number of rotatable bonds is 6. The van der Waals surface area contributed by atoms with E-state index in [1.165, 1.54) is 108 Å². The molecule has 0 aliphatic carbocycles. The van der Waals surface area contributed by atoms with Crippen molar-refractivity contribution < 1.29 is 0 Å². The van der Waals surface area contributed by atoms with Crippen molar-refractivity contribution in [2.45, 2.75) is 28.0 Å². The fourth-order valence-corrected chi connectivity index (χ4v) is 11.9. The van der Waals surface area contributed by atoms with Gasteiger partial charge in [0.1, 0.15) is 0 Å². The second-order valence-corrected chi connectivity index (χ2v) is 17.5. The van der Waals surface area contributed by atoms with E-state index >= 15 is 0 Å². The molecule has 0 unspecified atom stereocenters. The molecule has 11 aromatic rings. The standard InChI is InChI=1S/C59H40S/c1-2-14-41(15-3-1)43-30-26-39(27-31-43)37-59(38-40-28-32-44(33-29-40)46-35-34-42-16-4-5-17-45(42)36-46)55-51-22-10-6-18-47(51)49-20-8-12-24-53(49)57(55)60-58-54-25-13-9-21-50(54)48-19-7-11-23-52(48)56(58)59/h1-36H,37-38H2. The predicted octanol–water partition coefficient (Wildman–Crippen LogP) is 16.0. The Morgan fingerprint density at radius 1 is 0.283 bits per heavy atom. The molecule has 0 bridgehead atoms.